The van der Waals surface area contributed by atoms with Crippen LogP contribution in [0.5, 0.6) is 5.75 Å². The summed E-state index contributed by atoms with van der Waals surface area (Å²) in [6, 6.07) is 11.4. The van der Waals surface area contributed by atoms with Gasteiger partial charge in [0.15, 0.2) is 0 Å². The average molecular weight is 555 g/mol. The summed E-state index contributed by atoms with van der Waals surface area (Å²) in [4.78, 5) is 51.5. The number of phenols is 1. The lowest BCUT2D eigenvalue weighted by Gasteiger charge is -2.28. The number of nitrogens with two attached hydrogens (primary N) is 1. The summed E-state index contributed by atoms with van der Waals surface area (Å²) < 4.78 is 0. The van der Waals surface area contributed by atoms with Crippen molar-refractivity contribution in [3.63, 3.8) is 0 Å². The Morgan fingerprint density at radius 2 is 1.35 bits per heavy atom. The number of carbonyl (C=O) groups excluding carboxylic acids is 3. The molecule has 7 N–H and O–H groups in total. The minimum absolute atomic E-state index is 0.0364. The van der Waals surface area contributed by atoms with Gasteiger partial charge in [0.25, 0.3) is 0 Å². The van der Waals surface area contributed by atoms with Gasteiger partial charge >= 0.3 is 5.97 Å². The molecule has 5 unspecified atom stereocenters. The lowest BCUT2D eigenvalue weighted by atomic mass is 9.96. The van der Waals surface area contributed by atoms with Gasteiger partial charge in [-0.15, -0.1) is 0 Å². The Labute approximate surface area is 235 Å². The summed E-state index contributed by atoms with van der Waals surface area (Å²) in [7, 11) is 0. The number of hydrogen-bond acceptors (Lipinski definition) is 6. The Morgan fingerprint density at radius 3 is 1.90 bits per heavy atom. The first kappa shape index (κ1) is 32.3. The molecule has 0 fully saturated rings. The predicted octanol–water partition coefficient (Wildman–Crippen LogP) is 2.14. The van der Waals surface area contributed by atoms with Crippen molar-refractivity contribution in [2.45, 2.75) is 77.5 Å². The molecule has 2 rings (SSSR count). The maximum absolute atomic E-state index is 13.5. The van der Waals surface area contributed by atoms with E-state index in [1.165, 1.54) is 12.1 Å². The number of amides is 3. The number of aromatic hydroxyl groups is 1. The summed E-state index contributed by atoms with van der Waals surface area (Å²) >= 11 is 0. The van der Waals surface area contributed by atoms with Crippen LogP contribution in [0.25, 0.3) is 0 Å². The van der Waals surface area contributed by atoms with E-state index in [0.717, 1.165) is 11.1 Å². The van der Waals surface area contributed by atoms with Gasteiger partial charge < -0.3 is 31.9 Å². The predicted molar refractivity (Wildman–Crippen MR) is 152 cm³/mol. The van der Waals surface area contributed by atoms with Crippen molar-refractivity contribution in [3.8, 4) is 5.75 Å². The zero-order chi connectivity index (χ0) is 29.8. The van der Waals surface area contributed by atoms with E-state index in [-0.39, 0.29) is 36.8 Å². The Hall–Kier alpha value is -3.92. The largest absolute Gasteiger partial charge is 0.508 e. The van der Waals surface area contributed by atoms with Gasteiger partial charge in [-0.1, -0.05) is 76.6 Å². The highest BCUT2D eigenvalue weighted by Gasteiger charge is 2.33. The Morgan fingerprint density at radius 1 is 0.775 bits per heavy atom. The van der Waals surface area contributed by atoms with Crippen LogP contribution in [-0.2, 0) is 32.0 Å². The summed E-state index contributed by atoms with van der Waals surface area (Å²) in [6.07, 6.45) is 1.14. The fraction of sp³-hybridized carbons (Fsp3) is 0.467. The van der Waals surface area contributed by atoms with Gasteiger partial charge in [0.1, 0.15) is 23.9 Å². The third-order valence-electron chi connectivity index (χ3n) is 6.76. The van der Waals surface area contributed by atoms with Crippen LogP contribution in [0.1, 0.15) is 51.7 Å². The second kappa shape index (κ2) is 15.6. The number of rotatable bonds is 15. The van der Waals surface area contributed by atoms with Crippen LogP contribution in [0.3, 0.4) is 0 Å². The molecular formula is C30H42N4O6. The highest BCUT2D eigenvalue weighted by atomic mass is 16.4. The fourth-order valence-electron chi connectivity index (χ4n) is 4.23. The Kier molecular flexibility index (Phi) is 12.6. The maximum Gasteiger partial charge on any atom is 0.326 e. The number of nitrogens with one attached hydrogen (secondary N) is 3. The van der Waals surface area contributed by atoms with E-state index in [4.69, 9.17) is 5.73 Å². The van der Waals surface area contributed by atoms with Gasteiger partial charge in [0, 0.05) is 6.42 Å². The molecule has 0 saturated carbocycles. The van der Waals surface area contributed by atoms with E-state index in [1.807, 2.05) is 51.1 Å². The van der Waals surface area contributed by atoms with Gasteiger partial charge in [-0.2, -0.15) is 0 Å². The summed E-state index contributed by atoms with van der Waals surface area (Å²) in [6.45, 7) is 7.38. The molecule has 2 aromatic rings. The number of aliphatic carboxylic acids is 1. The quantitative estimate of drug-likeness (QED) is 0.196. The second-order valence-electron chi connectivity index (χ2n) is 10.6. The monoisotopic (exact) mass is 554 g/mol. The van der Waals surface area contributed by atoms with E-state index < -0.39 is 47.9 Å². The van der Waals surface area contributed by atoms with Gasteiger partial charge in [-0.05, 0) is 47.9 Å². The minimum atomic E-state index is -1.15. The SMILES string of the molecule is CCC(C)C(NC(=O)C(Cc1ccccc1)NC(=O)C(N)Cc1ccc(O)cc1)C(=O)NC(CC(C)C)C(=O)O. The highest BCUT2D eigenvalue weighted by Crippen LogP contribution is 2.13. The van der Waals surface area contributed by atoms with E-state index in [0.29, 0.717) is 6.42 Å². The first-order valence-electron chi connectivity index (χ1n) is 13.6. The number of phenolic OH excluding ortho intramolecular Hbond substituents is 1. The lowest BCUT2D eigenvalue weighted by Crippen LogP contribution is -2.59. The molecule has 0 saturated heterocycles. The van der Waals surface area contributed by atoms with Crippen LogP contribution in [0, 0.1) is 11.8 Å². The van der Waals surface area contributed by atoms with Gasteiger partial charge in [0.2, 0.25) is 17.7 Å². The number of carbonyl (C=O) groups is 4. The van der Waals surface area contributed by atoms with E-state index in [9.17, 15) is 29.4 Å². The van der Waals surface area contributed by atoms with Crippen LogP contribution in [0.4, 0.5) is 0 Å². The van der Waals surface area contributed by atoms with E-state index in [1.54, 1.807) is 19.1 Å². The van der Waals surface area contributed by atoms with Crippen molar-refractivity contribution in [1.82, 2.24) is 16.0 Å². The molecule has 5 atom stereocenters. The molecule has 3 amide bonds. The van der Waals surface area contributed by atoms with E-state index >= 15 is 0 Å². The van der Waals surface area contributed by atoms with E-state index in [2.05, 4.69) is 16.0 Å². The number of hydrogen-bond donors (Lipinski definition) is 6. The zero-order valence-electron chi connectivity index (χ0n) is 23.6. The second-order valence-corrected chi connectivity index (χ2v) is 10.6. The number of carboxylic acids is 1. The average Bonchev–Trinajstić information content (AvgIpc) is 2.91. The van der Waals surface area contributed by atoms with Gasteiger partial charge in [-0.3, -0.25) is 14.4 Å². The summed E-state index contributed by atoms with van der Waals surface area (Å²) in [5.41, 5.74) is 7.68. The standard InChI is InChI=1S/C30H42N4O6/c1-5-19(4)26(29(38)33-25(30(39)40)15-18(2)3)34-28(37)24(17-20-9-7-6-8-10-20)32-27(36)23(31)16-21-11-13-22(35)14-12-21/h6-14,18-19,23-26,35H,5,15-17,31H2,1-4H3,(H,32,36)(H,33,38)(H,34,37)(H,39,40). The summed E-state index contributed by atoms with van der Waals surface area (Å²) in [5.74, 6) is -3.03. The van der Waals surface area contributed by atoms with Crippen LogP contribution >= 0.6 is 0 Å². The lowest BCUT2D eigenvalue weighted by molar-refractivity contribution is -0.143. The van der Waals surface area contributed by atoms with Gasteiger partial charge in [0.05, 0.1) is 6.04 Å². The first-order chi connectivity index (χ1) is 18.9. The van der Waals surface area contributed by atoms with Crippen LogP contribution in [-0.4, -0.2) is 58.1 Å². The molecule has 0 aliphatic carbocycles. The van der Waals surface area contributed by atoms with Crippen molar-refractivity contribution in [3.05, 3.63) is 65.7 Å². The molecule has 10 nitrogen and oxygen atoms in total. The van der Waals surface area contributed by atoms with Crippen molar-refractivity contribution in [2.24, 2.45) is 17.6 Å². The maximum atomic E-state index is 13.5. The fourth-order valence-corrected chi connectivity index (χ4v) is 4.23. The van der Waals surface area contributed by atoms with Gasteiger partial charge in [-0.25, -0.2) is 4.79 Å². The minimum Gasteiger partial charge on any atom is -0.508 e. The third kappa shape index (κ3) is 10.3. The first-order valence-corrected chi connectivity index (χ1v) is 13.6. The molecule has 0 bridgehead atoms. The molecule has 2 aromatic carbocycles. The molecule has 0 aliphatic heterocycles. The molecule has 0 aromatic heterocycles. The summed E-state index contributed by atoms with van der Waals surface area (Å²) in [5, 5.41) is 27.1. The molecule has 0 radical (unpaired) electrons. The molecule has 218 valence electrons. The molecule has 40 heavy (non-hydrogen) atoms. The van der Waals surface area contributed by atoms with Crippen molar-refractivity contribution < 1.29 is 29.4 Å². The third-order valence-corrected chi connectivity index (χ3v) is 6.76. The number of benzene rings is 2. The molecule has 0 spiro atoms. The Bertz CT molecular complexity index is 1120. The van der Waals surface area contributed by atoms with Crippen LogP contribution in [0.2, 0.25) is 0 Å². The smallest absolute Gasteiger partial charge is 0.326 e. The molecule has 0 aliphatic rings. The molecule has 10 heteroatoms. The van der Waals surface area contributed by atoms with Crippen molar-refractivity contribution in [2.75, 3.05) is 0 Å². The topological polar surface area (TPSA) is 171 Å². The zero-order valence-corrected chi connectivity index (χ0v) is 23.6. The molecular weight excluding hydrogens is 512 g/mol. The normalized spacial score (nSPS) is 14.8. The van der Waals surface area contributed by atoms with Crippen molar-refractivity contribution >= 4 is 23.7 Å². The molecule has 0 heterocycles. The van der Waals surface area contributed by atoms with Crippen LogP contribution < -0.4 is 21.7 Å². The van der Waals surface area contributed by atoms with Crippen molar-refractivity contribution in [1.29, 1.82) is 0 Å². The number of carboxylic acid groups (broad SMARTS) is 1. The van der Waals surface area contributed by atoms with Crippen LogP contribution in [0.15, 0.2) is 54.6 Å². The Balaban J connectivity index is 2.22. The highest BCUT2D eigenvalue weighted by molar-refractivity contribution is 5.94.